The van der Waals surface area contributed by atoms with Crippen LogP contribution in [0.5, 0.6) is 0 Å². The molecule has 0 aromatic heterocycles. The zero-order valence-electron chi connectivity index (χ0n) is 9.92. The lowest BCUT2D eigenvalue weighted by Crippen LogP contribution is -2.39. The number of nitriles is 1. The van der Waals surface area contributed by atoms with Gasteiger partial charge in [-0.25, -0.2) is 4.39 Å². The van der Waals surface area contributed by atoms with Crippen LogP contribution in [0.1, 0.15) is 27.2 Å². The molecule has 3 heteroatoms. The zero-order valence-corrected chi connectivity index (χ0v) is 9.92. The van der Waals surface area contributed by atoms with E-state index in [4.69, 9.17) is 0 Å². The molecule has 0 aliphatic carbocycles. The topological polar surface area (TPSA) is 35.8 Å². The van der Waals surface area contributed by atoms with E-state index in [1.807, 2.05) is 20.8 Å². The van der Waals surface area contributed by atoms with Crippen LogP contribution in [0.3, 0.4) is 0 Å². The Morgan fingerprint density at radius 3 is 2.75 bits per heavy atom. The summed E-state index contributed by atoms with van der Waals surface area (Å²) in [5.41, 5.74) is -0.0212. The number of nitrogens with zero attached hydrogens (tertiary/aromatic N) is 1. The first kappa shape index (κ1) is 12.5. The van der Waals surface area contributed by atoms with Crippen molar-refractivity contribution in [1.29, 1.82) is 5.26 Å². The van der Waals surface area contributed by atoms with E-state index < -0.39 is 5.54 Å². The van der Waals surface area contributed by atoms with Crippen molar-refractivity contribution >= 4 is 5.69 Å². The second-order valence-corrected chi connectivity index (χ2v) is 4.26. The molecule has 0 heterocycles. The summed E-state index contributed by atoms with van der Waals surface area (Å²) in [5.74, 6) is -0.102. The van der Waals surface area contributed by atoms with Gasteiger partial charge in [0.1, 0.15) is 11.4 Å². The number of halogens is 1. The molecular weight excluding hydrogens is 203 g/mol. The maximum atomic E-state index is 13.0. The van der Waals surface area contributed by atoms with Crippen LogP contribution >= 0.6 is 0 Å². The predicted octanol–water partition coefficient (Wildman–Crippen LogP) is 3.57. The van der Waals surface area contributed by atoms with Gasteiger partial charge in [0.25, 0.3) is 0 Å². The van der Waals surface area contributed by atoms with E-state index in [9.17, 15) is 9.65 Å². The van der Waals surface area contributed by atoms with E-state index in [2.05, 4.69) is 11.4 Å². The maximum absolute atomic E-state index is 13.0. The third-order valence-corrected chi connectivity index (χ3v) is 3.06. The Kier molecular flexibility index (Phi) is 3.89. The van der Waals surface area contributed by atoms with E-state index in [0.29, 0.717) is 5.69 Å². The van der Waals surface area contributed by atoms with Crippen molar-refractivity contribution in [2.45, 2.75) is 32.7 Å². The Bertz CT molecular complexity index is 397. The van der Waals surface area contributed by atoms with Crippen molar-refractivity contribution in [3.63, 3.8) is 0 Å². The monoisotopic (exact) mass is 220 g/mol. The van der Waals surface area contributed by atoms with Crippen LogP contribution in [0.4, 0.5) is 10.1 Å². The molecule has 0 spiro atoms. The quantitative estimate of drug-likeness (QED) is 0.842. The molecule has 1 aromatic rings. The SMILES string of the molecule is CCC(C)C(C)(C#N)Nc1cccc(F)c1. The fraction of sp³-hybridized carbons (Fsp3) is 0.462. The van der Waals surface area contributed by atoms with Crippen molar-refractivity contribution in [3.8, 4) is 6.07 Å². The van der Waals surface area contributed by atoms with Gasteiger partial charge < -0.3 is 5.32 Å². The summed E-state index contributed by atoms with van der Waals surface area (Å²) in [6, 6.07) is 8.45. The molecule has 2 atom stereocenters. The molecule has 0 saturated carbocycles. The third kappa shape index (κ3) is 2.73. The molecule has 16 heavy (non-hydrogen) atoms. The first-order chi connectivity index (χ1) is 7.51. The van der Waals surface area contributed by atoms with E-state index >= 15 is 0 Å². The van der Waals surface area contributed by atoms with Gasteiger partial charge in [-0.05, 0) is 31.0 Å². The Balaban J connectivity index is 2.90. The molecule has 1 N–H and O–H groups in total. The first-order valence-corrected chi connectivity index (χ1v) is 5.47. The molecule has 86 valence electrons. The summed E-state index contributed by atoms with van der Waals surface area (Å²) in [7, 11) is 0. The lowest BCUT2D eigenvalue weighted by atomic mass is 9.86. The Labute approximate surface area is 96.1 Å². The highest BCUT2D eigenvalue weighted by Gasteiger charge is 2.29. The van der Waals surface area contributed by atoms with Crippen molar-refractivity contribution in [1.82, 2.24) is 0 Å². The molecule has 2 nitrogen and oxygen atoms in total. The molecule has 0 bridgehead atoms. The number of nitrogens with one attached hydrogen (secondary N) is 1. The molecule has 0 aliphatic rings. The third-order valence-electron chi connectivity index (χ3n) is 3.06. The number of benzene rings is 1. The molecule has 1 aromatic carbocycles. The molecule has 0 saturated heterocycles. The minimum absolute atomic E-state index is 0.195. The summed E-state index contributed by atoms with van der Waals surface area (Å²) < 4.78 is 13.0. The predicted molar refractivity (Wildman–Crippen MR) is 63.5 cm³/mol. The molecule has 0 amide bonds. The summed E-state index contributed by atoms with van der Waals surface area (Å²) in [5, 5.41) is 12.3. The fourth-order valence-corrected chi connectivity index (χ4v) is 1.54. The summed E-state index contributed by atoms with van der Waals surface area (Å²) in [6.45, 7) is 5.88. The Morgan fingerprint density at radius 1 is 1.56 bits per heavy atom. The Morgan fingerprint density at radius 2 is 2.25 bits per heavy atom. The van der Waals surface area contributed by atoms with Crippen LogP contribution in [-0.4, -0.2) is 5.54 Å². The van der Waals surface area contributed by atoms with Gasteiger partial charge in [-0.2, -0.15) is 5.26 Å². The lowest BCUT2D eigenvalue weighted by Gasteiger charge is -2.30. The second kappa shape index (κ2) is 4.98. The van der Waals surface area contributed by atoms with Crippen LogP contribution in [0.2, 0.25) is 0 Å². The van der Waals surface area contributed by atoms with Gasteiger partial charge in [0.2, 0.25) is 0 Å². The molecule has 0 aliphatic heterocycles. The van der Waals surface area contributed by atoms with Crippen LogP contribution in [-0.2, 0) is 0 Å². The normalized spacial score (nSPS) is 15.9. The molecule has 0 radical (unpaired) electrons. The van der Waals surface area contributed by atoms with Crippen LogP contribution < -0.4 is 5.32 Å². The van der Waals surface area contributed by atoms with Crippen molar-refractivity contribution in [3.05, 3.63) is 30.1 Å². The van der Waals surface area contributed by atoms with Gasteiger partial charge in [-0.15, -0.1) is 0 Å². The minimum atomic E-state index is -0.664. The largest absolute Gasteiger partial charge is 0.367 e. The number of anilines is 1. The number of hydrogen-bond acceptors (Lipinski definition) is 2. The molecule has 2 unspecified atom stereocenters. The molecule has 0 fully saturated rings. The van der Waals surface area contributed by atoms with E-state index in [-0.39, 0.29) is 11.7 Å². The van der Waals surface area contributed by atoms with Crippen molar-refractivity contribution in [2.75, 3.05) is 5.32 Å². The lowest BCUT2D eigenvalue weighted by molar-refractivity contribution is 0.415. The van der Waals surface area contributed by atoms with Crippen molar-refractivity contribution < 1.29 is 4.39 Å². The van der Waals surface area contributed by atoms with Crippen LogP contribution in [0.25, 0.3) is 0 Å². The summed E-state index contributed by atoms with van der Waals surface area (Å²) in [4.78, 5) is 0. The fourth-order valence-electron chi connectivity index (χ4n) is 1.54. The van der Waals surface area contributed by atoms with Crippen LogP contribution in [0.15, 0.2) is 24.3 Å². The van der Waals surface area contributed by atoms with E-state index in [1.165, 1.54) is 12.1 Å². The number of hydrogen-bond donors (Lipinski definition) is 1. The smallest absolute Gasteiger partial charge is 0.125 e. The standard InChI is InChI=1S/C13H17FN2/c1-4-10(2)13(3,9-15)16-12-7-5-6-11(14)8-12/h5-8,10,16H,4H2,1-3H3. The summed E-state index contributed by atoms with van der Waals surface area (Å²) in [6.07, 6.45) is 0.895. The highest BCUT2D eigenvalue weighted by molar-refractivity contribution is 5.47. The van der Waals surface area contributed by atoms with Gasteiger partial charge in [0.05, 0.1) is 6.07 Å². The highest BCUT2D eigenvalue weighted by atomic mass is 19.1. The summed E-state index contributed by atoms with van der Waals surface area (Å²) >= 11 is 0. The average molecular weight is 220 g/mol. The second-order valence-electron chi connectivity index (χ2n) is 4.26. The van der Waals surface area contributed by atoms with Crippen molar-refractivity contribution in [2.24, 2.45) is 5.92 Å². The number of rotatable bonds is 4. The average Bonchev–Trinajstić information content (AvgIpc) is 2.27. The maximum Gasteiger partial charge on any atom is 0.125 e. The Hall–Kier alpha value is -1.56. The van der Waals surface area contributed by atoms with Gasteiger partial charge in [0, 0.05) is 5.69 Å². The van der Waals surface area contributed by atoms with E-state index in [1.54, 1.807) is 12.1 Å². The first-order valence-electron chi connectivity index (χ1n) is 5.47. The van der Waals surface area contributed by atoms with Gasteiger partial charge >= 0.3 is 0 Å². The highest BCUT2D eigenvalue weighted by Crippen LogP contribution is 2.25. The minimum Gasteiger partial charge on any atom is -0.367 e. The van der Waals surface area contributed by atoms with Gasteiger partial charge in [-0.3, -0.25) is 0 Å². The van der Waals surface area contributed by atoms with Gasteiger partial charge in [0.15, 0.2) is 0 Å². The van der Waals surface area contributed by atoms with E-state index in [0.717, 1.165) is 6.42 Å². The van der Waals surface area contributed by atoms with Gasteiger partial charge in [-0.1, -0.05) is 26.3 Å². The van der Waals surface area contributed by atoms with Crippen LogP contribution in [0, 0.1) is 23.1 Å². The molecular formula is C13H17FN2. The molecule has 1 rings (SSSR count). The zero-order chi connectivity index (χ0) is 12.2.